The number of rotatable bonds is 4. The third-order valence-corrected chi connectivity index (χ3v) is 6.59. The van der Waals surface area contributed by atoms with Gasteiger partial charge in [0.2, 0.25) is 5.91 Å². The van der Waals surface area contributed by atoms with Gasteiger partial charge in [-0.15, -0.1) is 0 Å². The Kier molecular flexibility index (Phi) is 5.22. The third kappa shape index (κ3) is 3.89. The Morgan fingerprint density at radius 3 is 2.81 bits per heavy atom. The number of fused-ring (bicyclic) bond motifs is 2. The number of thiazole rings is 1. The summed E-state index contributed by atoms with van der Waals surface area (Å²) in [6.45, 7) is 5.09. The summed E-state index contributed by atoms with van der Waals surface area (Å²) >= 11 is 1.42. The molecule has 1 aliphatic heterocycles. The first-order valence-electron chi connectivity index (χ1n) is 10.5. The van der Waals surface area contributed by atoms with Gasteiger partial charge < -0.3 is 14.7 Å². The van der Waals surface area contributed by atoms with Crippen molar-refractivity contribution in [1.29, 1.82) is 0 Å². The highest BCUT2D eigenvalue weighted by molar-refractivity contribution is 7.15. The number of amides is 2. The van der Waals surface area contributed by atoms with E-state index in [0.29, 0.717) is 41.5 Å². The summed E-state index contributed by atoms with van der Waals surface area (Å²) in [6, 6.07) is 13.3. The highest BCUT2D eigenvalue weighted by atomic mass is 32.1. The van der Waals surface area contributed by atoms with Crippen molar-refractivity contribution in [3.8, 4) is 0 Å². The fourth-order valence-electron chi connectivity index (χ4n) is 4.07. The van der Waals surface area contributed by atoms with Gasteiger partial charge in [-0.2, -0.15) is 0 Å². The van der Waals surface area contributed by atoms with Gasteiger partial charge in [0.15, 0.2) is 10.7 Å². The molecule has 2 aromatic heterocycles. The Bertz CT molecular complexity index is 1330. The molecule has 5 rings (SSSR count). The summed E-state index contributed by atoms with van der Waals surface area (Å²) in [6.07, 6.45) is 0.783. The molecular formula is C24H22N4O3S. The van der Waals surface area contributed by atoms with Crippen LogP contribution in [0.15, 0.2) is 47.0 Å². The first-order chi connectivity index (χ1) is 15.5. The van der Waals surface area contributed by atoms with Crippen LogP contribution in [0.25, 0.3) is 11.0 Å². The number of hydrogen-bond acceptors (Lipinski definition) is 6. The van der Waals surface area contributed by atoms with Crippen molar-refractivity contribution in [3.63, 3.8) is 0 Å². The molecule has 2 amide bonds. The van der Waals surface area contributed by atoms with Gasteiger partial charge in [-0.1, -0.05) is 40.8 Å². The Balaban J connectivity index is 1.28. The molecule has 0 spiro atoms. The number of hydrogen-bond donors (Lipinski definition) is 1. The average molecular weight is 447 g/mol. The minimum atomic E-state index is -0.192. The first-order valence-corrected chi connectivity index (χ1v) is 11.3. The molecule has 0 saturated carbocycles. The second-order valence-corrected chi connectivity index (χ2v) is 9.13. The lowest BCUT2D eigenvalue weighted by atomic mass is 10.1. The predicted octanol–water partition coefficient (Wildman–Crippen LogP) is 4.28. The molecule has 32 heavy (non-hydrogen) atoms. The minimum Gasteiger partial charge on any atom is -0.356 e. The molecule has 0 atom stereocenters. The number of benzene rings is 2. The number of aromatic nitrogens is 2. The van der Waals surface area contributed by atoms with Gasteiger partial charge in [0.25, 0.3) is 5.91 Å². The van der Waals surface area contributed by atoms with Gasteiger partial charge in [-0.25, -0.2) is 4.98 Å². The van der Waals surface area contributed by atoms with Gasteiger partial charge in [0.1, 0.15) is 5.69 Å². The fraction of sp³-hybridized carbons (Fsp3) is 0.250. The maximum Gasteiger partial charge on any atom is 0.254 e. The molecule has 1 aliphatic rings. The summed E-state index contributed by atoms with van der Waals surface area (Å²) < 4.78 is 5.44. The standard InChI is InChI=1S/C24H22N4O3S/c1-14-10-15(2)22-17(11-14)19(27-31-22)12-21(29)26-24-25-18-8-9-28(13-20(18)32-24)23(30)16-6-4-3-5-7-16/h3-7,10-11H,8-9,12-13H2,1-2H3,(H,25,26,29). The molecule has 4 aromatic rings. The fourth-order valence-corrected chi connectivity index (χ4v) is 5.11. The van der Waals surface area contributed by atoms with Gasteiger partial charge in [-0.3, -0.25) is 9.59 Å². The maximum absolute atomic E-state index is 12.8. The number of carbonyl (C=O) groups is 2. The van der Waals surface area contributed by atoms with Crippen LogP contribution in [-0.2, 0) is 24.2 Å². The van der Waals surface area contributed by atoms with Crippen LogP contribution in [-0.4, -0.2) is 33.4 Å². The number of aryl methyl sites for hydroxylation is 2. The van der Waals surface area contributed by atoms with E-state index < -0.39 is 0 Å². The molecule has 3 heterocycles. The van der Waals surface area contributed by atoms with Gasteiger partial charge in [-0.05, 0) is 43.2 Å². The molecule has 0 radical (unpaired) electrons. The van der Waals surface area contributed by atoms with Crippen molar-refractivity contribution in [2.24, 2.45) is 0 Å². The molecular weight excluding hydrogens is 424 g/mol. The van der Waals surface area contributed by atoms with Crippen molar-refractivity contribution < 1.29 is 14.1 Å². The molecule has 162 valence electrons. The quantitative estimate of drug-likeness (QED) is 0.505. The van der Waals surface area contributed by atoms with Gasteiger partial charge in [0.05, 0.1) is 18.7 Å². The van der Waals surface area contributed by atoms with E-state index in [0.717, 1.165) is 27.1 Å². The van der Waals surface area contributed by atoms with Crippen LogP contribution in [0.4, 0.5) is 5.13 Å². The zero-order chi connectivity index (χ0) is 22.2. The predicted molar refractivity (Wildman–Crippen MR) is 123 cm³/mol. The van der Waals surface area contributed by atoms with Gasteiger partial charge in [0, 0.05) is 28.8 Å². The van der Waals surface area contributed by atoms with Crippen LogP contribution in [0.2, 0.25) is 0 Å². The van der Waals surface area contributed by atoms with E-state index >= 15 is 0 Å². The van der Waals surface area contributed by atoms with Gasteiger partial charge >= 0.3 is 0 Å². The average Bonchev–Trinajstić information content (AvgIpc) is 3.36. The second kappa shape index (κ2) is 8.20. The van der Waals surface area contributed by atoms with Crippen LogP contribution in [0.5, 0.6) is 0 Å². The lowest BCUT2D eigenvalue weighted by Crippen LogP contribution is -2.35. The largest absolute Gasteiger partial charge is 0.356 e. The SMILES string of the molecule is Cc1cc(C)c2onc(CC(=O)Nc3nc4c(s3)CN(C(=O)c3ccccc3)CC4)c2c1. The zero-order valence-corrected chi connectivity index (χ0v) is 18.7. The van der Waals surface area contributed by atoms with E-state index in [2.05, 4.69) is 15.5 Å². The lowest BCUT2D eigenvalue weighted by molar-refractivity contribution is -0.115. The number of anilines is 1. The summed E-state index contributed by atoms with van der Waals surface area (Å²) in [4.78, 5) is 32.8. The van der Waals surface area contributed by atoms with E-state index in [9.17, 15) is 9.59 Å². The summed E-state index contributed by atoms with van der Waals surface area (Å²) in [5, 5.41) is 8.41. The van der Waals surface area contributed by atoms with E-state index in [-0.39, 0.29) is 18.2 Å². The highest BCUT2D eigenvalue weighted by Crippen LogP contribution is 2.29. The first kappa shape index (κ1) is 20.4. The van der Waals surface area contributed by atoms with Crippen LogP contribution in [0, 0.1) is 13.8 Å². The van der Waals surface area contributed by atoms with Crippen molar-refractivity contribution in [2.75, 3.05) is 11.9 Å². The molecule has 0 fully saturated rings. The highest BCUT2D eigenvalue weighted by Gasteiger charge is 2.25. The number of nitrogens with zero attached hydrogens (tertiary/aromatic N) is 3. The lowest BCUT2D eigenvalue weighted by Gasteiger charge is -2.26. The molecule has 0 unspecified atom stereocenters. The summed E-state index contributed by atoms with van der Waals surface area (Å²) in [5.74, 6) is -0.179. The minimum absolute atomic E-state index is 0.0127. The van der Waals surface area contributed by atoms with E-state index in [1.807, 2.05) is 61.2 Å². The van der Waals surface area contributed by atoms with Crippen molar-refractivity contribution in [2.45, 2.75) is 33.2 Å². The number of carbonyl (C=O) groups excluding carboxylic acids is 2. The Hall–Kier alpha value is -3.52. The van der Waals surface area contributed by atoms with E-state index in [4.69, 9.17) is 4.52 Å². The second-order valence-electron chi connectivity index (χ2n) is 8.04. The van der Waals surface area contributed by atoms with E-state index in [1.54, 1.807) is 0 Å². The molecule has 8 heteroatoms. The van der Waals surface area contributed by atoms with Crippen molar-refractivity contribution in [3.05, 3.63) is 75.4 Å². The Morgan fingerprint density at radius 2 is 2.00 bits per heavy atom. The Labute approximate surface area is 189 Å². The third-order valence-electron chi connectivity index (χ3n) is 5.59. The maximum atomic E-state index is 12.8. The molecule has 0 aliphatic carbocycles. The zero-order valence-electron chi connectivity index (χ0n) is 17.8. The van der Waals surface area contributed by atoms with E-state index in [1.165, 1.54) is 11.3 Å². The van der Waals surface area contributed by atoms with Crippen LogP contribution < -0.4 is 5.32 Å². The molecule has 0 saturated heterocycles. The van der Waals surface area contributed by atoms with Crippen LogP contribution >= 0.6 is 11.3 Å². The monoisotopic (exact) mass is 446 g/mol. The molecule has 1 N–H and O–H groups in total. The summed E-state index contributed by atoms with van der Waals surface area (Å²) in [7, 11) is 0. The van der Waals surface area contributed by atoms with Crippen molar-refractivity contribution >= 4 is 39.3 Å². The summed E-state index contributed by atoms with van der Waals surface area (Å²) in [5.41, 5.74) is 5.06. The van der Waals surface area contributed by atoms with Crippen LogP contribution in [0.1, 0.15) is 37.7 Å². The normalized spacial score (nSPS) is 13.2. The molecule has 7 nitrogen and oxygen atoms in total. The smallest absolute Gasteiger partial charge is 0.254 e. The molecule has 2 aromatic carbocycles. The Morgan fingerprint density at radius 1 is 1.19 bits per heavy atom. The molecule has 0 bridgehead atoms. The topological polar surface area (TPSA) is 88.3 Å². The van der Waals surface area contributed by atoms with Crippen molar-refractivity contribution in [1.82, 2.24) is 15.0 Å². The number of nitrogens with one attached hydrogen (secondary N) is 1. The van der Waals surface area contributed by atoms with Crippen LogP contribution in [0.3, 0.4) is 0 Å².